The molecule has 0 spiro atoms. The Bertz CT molecular complexity index is 1630. The molecule has 7 heteroatoms. The summed E-state index contributed by atoms with van der Waals surface area (Å²) in [5.74, 6) is -0.383. The Balaban J connectivity index is 1.53. The van der Waals surface area contributed by atoms with Crippen molar-refractivity contribution in [3.8, 4) is 39.1 Å². The normalized spacial score (nSPS) is 12.0. The number of hydrogen-bond donors (Lipinski definition) is 0. The van der Waals surface area contributed by atoms with Crippen molar-refractivity contribution in [2.24, 2.45) is 0 Å². The van der Waals surface area contributed by atoms with E-state index in [1.807, 2.05) is 66.7 Å². The molecular weight excluding hydrogens is 485 g/mol. The molecule has 0 N–H and O–H groups in total. The first-order chi connectivity index (χ1) is 17.2. The van der Waals surface area contributed by atoms with Gasteiger partial charge in [0.1, 0.15) is 0 Å². The van der Waals surface area contributed by atoms with Gasteiger partial charge in [-0.3, -0.25) is 0 Å². The van der Waals surface area contributed by atoms with Gasteiger partial charge in [0.15, 0.2) is 5.75 Å². The number of fused-ring (bicyclic) bond motifs is 1. The van der Waals surface area contributed by atoms with Crippen LogP contribution in [-0.2, 0) is 10.1 Å². The fourth-order valence-electron chi connectivity index (χ4n) is 4.10. The zero-order chi connectivity index (χ0) is 25.3. The molecule has 36 heavy (non-hydrogen) atoms. The van der Waals surface area contributed by atoms with Crippen LogP contribution in [0.15, 0.2) is 115 Å². The van der Waals surface area contributed by atoms with Crippen LogP contribution < -0.4 is 4.18 Å². The minimum atomic E-state index is -5.83. The Morgan fingerprint density at radius 3 is 1.56 bits per heavy atom. The van der Waals surface area contributed by atoms with Gasteiger partial charge in [-0.05, 0) is 44.7 Å². The quantitative estimate of drug-likeness (QED) is 0.180. The smallest absolute Gasteiger partial charge is 0.375 e. The molecule has 3 nitrogen and oxygen atoms in total. The third-order valence-corrected chi connectivity index (χ3v) is 6.84. The van der Waals surface area contributed by atoms with Gasteiger partial charge in [0, 0.05) is 5.56 Å². The molecule has 0 aliphatic heterocycles. The van der Waals surface area contributed by atoms with Gasteiger partial charge >= 0.3 is 15.6 Å². The van der Waals surface area contributed by atoms with E-state index < -0.39 is 15.6 Å². The molecule has 0 saturated carbocycles. The van der Waals surface area contributed by atoms with E-state index >= 15 is 0 Å². The summed E-state index contributed by atoms with van der Waals surface area (Å²) in [6, 6.07) is 35.0. The van der Waals surface area contributed by atoms with Crippen molar-refractivity contribution in [3.05, 3.63) is 115 Å². The highest BCUT2D eigenvalue weighted by molar-refractivity contribution is 7.88. The highest BCUT2D eigenvalue weighted by atomic mass is 32.2. The third kappa shape index (κ3) is 4.57. The van der Waals surface area contributed by atoms with E-state index in [0.29, 0.717) is 10.9 Å². The van der Waals surface area contributed by atoms with E-state index in [-0.39, 0.29) is 11.3 Å². The van der Waals surface area contributed by atoms with Crippen molar-refractivity contribution in [3.63, 3.8) is 0 Å². The first kappa shape index (κ1) is 23.6. The molecular formula is C29H19F3O3S. The van der Waals surface area contributed by atoms with Crippen molar-refractivity contribution in [2.45, 2.75) is 5.51 Å². The summed E-state index contributed by atoms with van der Waals surface area (Å²) in [4.78, 5) is 0. The maximum atomic E-state index is 13.0. The Hall–Kier alpha value is -4.10. The summed E-state index contributed by atoms with van der Waals surface area (Å²) >= 11 is 0. The molecule has 5 aromatic rings. The van der Waals surface area contributed by atoms with Crippen molar-refractivity contribution >= 4 is 20.9 Å². The van der Waals surface area contributed by atoms with Crippen LogP contribution in [0.2, 0.25) is 0 Å². The highest BCUT2D eigenvalue weighted by Crippen LogP contribution is 2.40. The fraction of sp³-hybridized carbons (Fsp3) is 0.0345. The lowest BCUT2D eigenvalue weighted by Gasteiger charge is -2.16. The average Bonchev–Trinajstić information content (AvgIpc) is 2.88. The number of hydrogen-bond acceptors (Lipinski definition) is 3. The van der Waals surface area contributed by atoms with E-state index in [2.05, 4.69) is 4.18 Å². The molecule has 0 atom stereocenters. The summed E-state index contributed by atoms with van der Waals surface area (Å²) in [6.07, 6.45) is 0. The molecule has 0 saturated heterocycles. The van der Waals surface area contributed by atoms with Gasteiger partial charge in [0.05, 0.1) is 0 Å². The molecule has 180 valence electrons. The van der Waals surface area contributed by atoms with E-state index in [4.69, 9.17) is 0 Å². The van der Waals surface area contributed by atoms with Crippen LogP contribution in [0.4, 0.5) is 13.2 Å². The standard InChI is InChI=1S/C29H19F3O3S/c30-29(31,32)36(33,34)35-27-19-18-24-8-4-5-9-26(24)28(27)25-16-14-23(15-17-25)22-12-10-21(11-13-22)20-6-2-1-3-7-20/h1-19H. The molecule has 5 rings (SSSR count). The van der Waals surface area contributed by atoms with Gasteiger partial charge in [0.25, 0.3) is 0 Å². The van der Waals surface area contributed by atoms with E-state index in [1.165, 1.54) is 12.1 Å². The number of halogens is 3. The number of benzene rings is 5. The topological polar surface area (TPSA) is 43.4 Å². The van der Waals surface area contributed by atoms with Gasteiger partial charge in [-0.2, -0.15) is 21.6 Å². The lowest BCUT2D eigenvalue weighted by atomic mass is 9.95. The zero-order valence-corrected chi connectivity index (χ0v) is 19.6. The van der Waals surface area contributed by atoms with Crippen LogP contribution in [0.25, 0.3) is 44.2 Å². The Labute approximate surface area is 206 Å². The highest BCUT2D eigenvalue weighted by Gasteiger charge is 2.48. The van der Waals surface area contributed by atoms with Gasteiger partial charge < -0.3 is 4.18 Å². The number of alkyl halides is 3. The molecule has 0 aliphatic carbocycles. The summed E-state index contributed by atoms with van der Waals surface area (Å²) in [7, 11) is -5.83. The van der Waals surface area contributed by atoms with E-state index in [0.717, 1.165) is 27.6 Å². The summed E-state index contributed by atoms with van der Waals surface area (Å²) in [6.45, 7) is 0. The predicted molar refractivity (Wildman–Crippen MR) is 136 cm³/mol. The molecule has 0 radical (unpaired) electrons. The molecule has 0 heterocycles. The summed E-state index contributed by atoms with van der Waals surface area (Å²) in [5, 5.41) is 1.32. The molecule has 0 aliphatic rings. The van der Waals surface area contributed by atoms with E-state index in [1.54, 1.807) is 36.4 Å². The van der Waals surface area contributed by atoms with Gasteiger partial charge in [-0.15, -0.1) is 0 Å². The minimum absolute atomic E-state index is 0.270. The second-order valence-electron chi connectivity index (χ2n) is 8.16. The van der Waals surface area contributed by atoms with Crippen LogP contribution in [0.1, 0.15) is 0 Å². The maximum Gasteiger partial charge on any atom is 0.534 e. The Kier molecular flexibility index (Phi) is 6.02. The van der Waals surface area contributed by atoms with Crippen LogP contribution in [0, 0.1) is 0 Å². The van der Waals surface area contributed by atoms with Crippen LogP contribution in [0.3, 0.4) is 0 Å². The second-order valence-corrected chi connectivity index (χ2v) is 9.70. The Morgan fingerprint density at radius 2 is 1.00 bits per heavy atom. The lowest BCUT2D eigenvalue weighted by molar-refractivity contribution is -0.0499. The van der Waals surface area contributed by atoms with Crippen molar-refractivity contribution in [1.82, 2.24) is 0 Å². The SMILES string of the molecule is O=S(=O)(Oc1ccc2ccccc2c1-c1ccc(-c2ccc(-c3ccccc3)cc2)cc1)C(F)(F)F. The molecule has 0 unspecified atom stereocenters. The maximum absolute atomic E-state index is 13.0. The van der Waals surface area contributed by atoms with Crippen LogP contribution >= 0.6 is 0 Å². The molecule has 0 amide bonds. The van der Waals surface area contributed by atoms with Gasteiger partial charge in [-0.1, -0.05) is 109 Å². The van der Waals surface area contributed by atoms with Crippen molar-refractivity contribution < 1.29 is 25.8 Å². The Morgan fingerprint density at radius 1 is 0.528 bits per heavy atom. The monoisotopic (exact) mass is 504 g/mol. The van der Waals surface area contributed by atoms with Gasteiger partial charge in [0.2, 0.25) is 0 Å². The second kappa shape index (κ2) is 9.17. The van der Waals surface area contributed by atoms with Crippen molar-refractivity contribution in [1.29, 1.82) is 0 Å². The summed E-state index contributed by atoms with van der Waals surface area (Å²) < 4.78 is 67.2. The zero-order valence-electron chi connectivity index (χ0n) is 18.7. The lowest BCUT2D eigenvalue weighted by Crippen LogP contribution is -2.28. The van der Waals surface area contributed by atoms with Crippen molar-refractivity contribution in [2.75, 3.05) is 0 Å². The molecule has 5 aromatic carbocycles. The van der Waals surface area contributed by atoms with Crippen LogP contribution in [-0.4, -0.2) is 13.9 Å². The average molecular weight is 505 g/mol. The molecule has 0 fully saturated rings. The summed E-state index contributed by atoms with van der Waals surface area (Å²) in [5.41, 5.74) is -0.669. The first-order valence-electron chi connectivity index (χ1n) is 11.0. The predicted octanol–water partition coefficient (Wildman–Crippen LogP) is 8.07. The van der Waals surface area contributed by atoms with Gasteiger partial charge in [-0.25, -0.2) is 0 Å². The number of rotatable bonds is 5. The molecule has 0 aromatic heterocycles. The minimum Gasteiger partial charge on any atom is -0.375 e. The van der Waals surface area contributed by atoms with Crippen LogP contribution in [0.5, 0.6) is 5.75 Å². The fourth-order valence-corrected chi connectivity index (χ4v) is 4.57. The molecule has 0 bridgehead atoms. The third-order valence-electron chi connectivity index (χ3n) is 5.87. The first-order valence-corrected chi connectivity index (χ1v) is 12.4. The largest absolute Gasteiger partial charge is 0.534 e. The van der Waals surface area contributed by atoms with E-state index in [9.17, 15) is 21.6 Å².